The summed E-state index contributed by atoms with van der Waals surface area (Å²) in [6.07, 6.45) is -0.139. The Bertz CT molecular complexity index is 210. The van der Waals surface area contributed by atoms with Crippen molar-refractivity contribution in [3.8, 4) is 0 Å². The molecule has 0 radical (unpaired) electrons. The normalized spacial score (nSPS) is 38.3. The Balaban J connectivity index is 3.00. The maximum absolute atomic E-state index is 5.87. The van der Waals surface area contributed by atoms with E-state index in [1.165, 1.54) is 10.0 Å². The summed E-state index contributed by atoms with van der Waals surface area (Å²) in [7, 11) is 0. The van der Waals surface area contributed by atoms with Crippen LogP contribution in [0, 0.1) is 0 Å². The minimum Gasteiger partial charge on any atom is -0.294 e. The molecule has 70 valence electrons. The molecule has 6 nitrogen and oxygen atoms in total. The molecule has 0 spiro atoms. The first-order chi connectivity index (χ1) is 5.37. The second kappa shape index (κ2) is 2.67. The Kier molecular flexibility index (Phi) is 2.09. The van der Waals surface area contributed by atoms with E-state index in [0.717, 1.165) is 0 Å². The lowest BCUT2D eigenvalue weighted by Crippen LogP contribution is -2.74. The van der Waals surface area contributed by atoms with Crippen LogP contribution in [0.1, 0.15) is 20.8 Å². The molecule has 0 amide bonds. The number of hydrazine groups is 2. The molecule has 0 saturated carbocycles. The van der Waals surface area contributed by atoms with Crippen molar-refractivity contribution in [1.29, 1.82) is 0 Å². The molecule has 0 aromatic carbocycles. The molecule has 0 fully saturated rings. The molecule has 1 aliphatic rings. The lowest BCUT2D eigenvalue weighted by atomic mass is 10.3. The van der Waals surface area contributed by atoms with Crippen molar-refractivity contribution in [2.75, 3.05) is 0 Å². The summed E-state index contributed by atoms with van der Waals surface area (Å²) in [6, 6.07) is 0. The van der Waals surface area contributed by atoms with Crippen LogP contribution in [-0.4, -0.2) is 27.8 Å². The van der Waals surface area contributed by atoms with Crippen molar-refractivity contribution < 1.29 is 0 Å². The van der Waals surface area contributed by atoms with Gasteiger partial charge in [-0.05, 0) is 20.8 Å². The highest BCUT2D eigenvalue weighted by atomic mass is 15.7. The van der Waals surface area contributed by atoms with E-state index in [2.05, 4.69) is 4.99 Å². The van der Waals surface area contributed by atoms with Crippen molar-refractivity contribution >= 4 is 5.84 Å². The first-order valence-electron chi connectivity index (χ1n) is 3.79. The second-order valence-electron chi connectivity index (χ2n) is 3.18. The minimum absolute atomic E-state index is 0.139. The third-order valence-electron chi connectivity index (χ3n) is 2.14. The van der Waals surface area contributed by atoms with Gasteiger partial charge in [-0.2, -0.15) is 5.01 Å². The number of rotatable bonds is 0. The smallest absolute Gasteiger partial charge is 0.172 e. The number of amidine groups is 1. The molecule has 2 atom stereocenters. The highest BCUT2D eigenvalue weighted by Crippen LogP contribution is 2.16. The van der Waals surface area contributed by atoms with Gasteiger partial charge in [0.1, 0.15) is 12.0 Å². The van der Waals surface area contributed by atoms with Crippen LogP contribution in [0.2, 0.25) is 0 Å². The van der Waals surface area contributed by atoms with E-state index in [1.54, 1.807) is 13.8 Å². The summed E-state index contributed by atoms with van der Waals surface area (Å²) >= 11 is 0. The number of hydrogen-bond donors (Lipinski definition) is 3. The Morgan fingerprint density at radius 2 is 2.00 bits per heavy atom. The van der Waals surface area contributed by atoms with E-state index in [4.69, 9.17) is 17.4 Å². The highest BCUT2D eigenvalue weighted by Gasteiger charge is 2.38. The SMILES string of the molecule is CC1=NC(C)N(N)C(C)(N)N1N. The molecule has 0 aliphatic carbocycles. The molecule has 12 heavy (non-hydrogen) atoms. The fraction of sp³-hybridized carbons (Fsp3) is 0.833. The monoisotopic (exact) mass is 172 g/mol. The molecule has 0 bridgehead atoms. The number of aliphatic imine (C=N–C) groups is 1. The zero-order chi connectivity index (χ0) is 9.52. The van der Waals surface area contributed by atoms with Crippen molar-refractivity contribution in [2.45, 2.75) is 32.7 Å². The van der Waals surface area contributed by atoms with E-state index < -0.39 is 5.79 Å². The molecule has 0 saturated heterocycles. The molecule has 1 rings (SSSR count). The zero-order valence-electron chi connectivity index (χ0n) is 7.65. The van der Waals surface area contributed by atoms with Crippen LogP contribution in [-0.2, 0) is 0 Å². The summed E-state index contributed by atoms with van der Waals surface area (Å²) in [5.74, 6) is 11.2. The standard InChI is InChI=1S/C6H16N6/c1-4-10-5(2)12(9)6(3,7)11(4)8/h4H,7-9H2,1-3H3. The van der Waals surface area contributed by atoms with Crippen LogP contribution in [0.4, 0.5) is 0 Å². The molecule has 0 aromatic rings. The van der Waals surface area contributed by atoms with Gasteiger partial charge in [-0.3, -0.25) is 21.6 Å². The minimum atomic E-state index is -0.870. The maximum atomic E-state index is 5.87. The number of nitrogens with two attached hydrogens (primary N) is 3. The Morgan fingerprint density at radius 1 is 1.50 bits per heavy atom. The van der Waals surface area contributed by atoms with E-state index in [0.29, 0.717) is 5.84 Å². The highest BCUT2D eigenvalue weighted by molar-refractivity contribution is 5.80. The maximum Gasteiger partial charge on any atom is 0.172 e. The van der Waals surface area contributed by atoms with Crippen LogP contribution in [0.15, 0.2) is 4.99 Å². The molecule has 2 unspecified atom stereocenters. The molecule has 0 aromatic heterocycles. The third kappa shape index (κ3) is 1.18. The molecular weight excluding hydrogens is 156 g/mol. The second-order valence-corrected chi connectivity index (χ2v) is 3.18. The van der Waals surface area contributed by atoms with Gasteiger partial charge in [0.05, 0.1) is 0 Å². The van der Waals surface area contributed by atoms with Crippen molar-refractivity contribution in [2.24, 2.45) is 22.4 Å². The largest absolute Gasteiger partial charge is 0.294 e. The van der Waals surface area contributed by atoms with E-state index in [9.17, 15) is 0 Å². The van der Waals surface area contributed by atoms with Crippen molar-refractivity contribution in [1.82, 2.24) is 10.0 Å². The average molecular weight is 172 g/mol. The van der Waals surface area contributed by atoms with Gasteiger partial charge in [-0.15, -0.1) is 0 Å². The summed E-state index contributed by atoms with van der Waals surface area (Å²) < 4.78 is 0. The van der Waals surface area contributed by atoms with Crippen LogP contribution in [0.25, 0.3) is 0 Å². The first kappa shape index (κ1) is 9.40. The first-order valence-corrected chi connectivity index (χ1v) is 3.79. The summed E-state index contributed by atoms with van der Waals surface area (Å²) in [4.78, 5) is 4.18. The van der Waals surface area contributed by atoms with Crippen LogP contribution >= 0.6 is 0 Å². The molecule has 6 N–H and O–H groups in total. The van der Waals surface area contributed by atoms with Gasteiger partial charge in [0.2, 0.25) is 0 Å². The Labute approximate surface area is 71.9 Å². The van der Waals surface area contributed by atoms with Gasteiger partial charge in [-0.1, -0.05) is 0 Å². The van der Waals surface area contributed by atoms with Crippen LogP contribution < -0.4 is 17.4 Å². The van der Waals surface area contributed by atoms with Crippen LogP contribution in [0.5, 0.6) is 0 Å². The number of hydrogen-bond acceptors (Lipinski definition) is 6. The third-order valence-corrected chi connectivity index (χ3v) is 2.14. The molecule has 1 aliphatic heterocycles. The predicted octanol–water partition coefficient (Wildman–Crippen LogP) is -1.25. The van der Waals surface area contributed by atoms with Gasteiger partial charge in [0, 0.05) is 0 Å². The molecule has 6 heteroatoms. The van der Waals surface area contributed by atoms with Gasteiger partial charge in [0.15, 0.2) is 5.79 Å². The van der Waals surface area contributed by atoms with Crippen molar-refractivity contribution in [3.63, 3.8) is 0 Å². The zero-order valence-corrected chi connectivity index (χ0v) is 7.65. The summed E-state index contributed by atoms with van der Waals surface area (Å²) in [6.45, 7) is 5.40. The summed E-state index contributed by atoms with van der Waals surface area (Å²) in [5, 5.41) is 2.77. The lowest BCUT2D eigenvalue weighted by molar-refractivity contribution is -0.0408. The van der Waals surface area contributed by atoms with Gasteiger partial charge in [-0.25, -0.2) is 5.84 Å². The quantitative estimate of drug-likeness (QED) is 0.397. The van der Waals surface area contributed by atoms with E-state index >= 15 is 0 Å². The Hall–Kier alpha value is -0.690. The van der Waals surface area contributed by atoms with Gasteiger partial charge in [0.25, 0.3) is 0 Å². The predicted molar refractivity (Wildman–Crippen MR) is 47.2 cm³/mol. The Morgan fingerprint density at radius 3 is 2.50 bits per heavy atom. The fourth-order valence-electron chi connectivity index (χ4n) is 1.23. The lowest BCUT2D eigenvalue weighted by Gasteiger charge is -2.47. The van der Waals surface area contributed by atoms with E-state index in [-0.39, 0.29) is 6.17 Å². The van der Waals surface area contributed by atoms with Gasteiger partial charge < -0.3 is 0 Å². The fourth-order valence-corrected chi connectivity index (χ4v) is 1.23. The van der Waals surface area contributed by atoms with E-state index in [1.807, 2.05) is 6.92 Å². The molecular formula is C6H16N6. The summed E-state index contributed by atoms with van der Waals surface area (Å²) in [5.41, 5.74) is 5.87. The van der Waals surface area contributed by atoms with Crippen LogP contribution in [0.3, 0.4) is 0 Å². The average Bonchev–Trinajstić information content (AvgIpc) is 1.99. The molecule has 1 heterocycles. The topological polar surface area (TPSA) is 96.9 Å². The number of nitrogens with zero attached hydrogens (tertiary/aromatic N) is 3. The van der Waals surface area contributed by atoms with Gasteiger partial charge >= 0.3 is 0 Å². The van der Waals surface area contributed by atoms with Crippen molar-refractivity contribution in [3.05, 3.63) is 0 Å².